The zero-order valence-electron chi connectivity index (χ0n) is 15.5. The fraction of sp³-hybridized carbons (Fsp3) is 0.0833. The van der Waals surface area contributed by atoms with Crippen LogP contribution < -0.4 is 5.56 Å². The van der Waals surface area contributed by atoms with Crippen LogP contribution in [0.2, 0.25) is 0 Å². The van der Waals surface area contributed by atoms with Crippen LogP contribution in [0.5, 0.6) is 0 Å². The Labute approximate surface area is 162 Å². The average molecular weight is 369 g/mol. The van der Waals surface area contributed by atoms with Crippen LogP contribution in [0.25, 0.3) is 27.7 Å². The zero-order chi connectivity index (χ0) is 19.5. The van der Waals surface area contributed by atoms with Crippen LogP contribution in [0.15, 0.2) is 89.7 Å². The maximum Gasteiger partial charge on any atom is 0.340 e. The van der Waals surface area contributed by atoms with E-state index in [-0.39, 0.29) is 12.2 Å². The van der Waals surface area contributed by atoms with E-state index in [1.165, 1.54) is 0 Å². The van der Waals surface area contributed by atoms with Gasteiger partial charge in [-0.15, -0.1) is 0 Å². The second-order valence-corrected chi connectivity index (χ2v) is 6.33. The third-order valence-electron chi connectivity index (χ3n) is 4.63. The molecule has 0 unspecified atom stereocenters. The summed E-state index contributed by atoms with van der Waals surface area (Å²) >= 11 is 0. The second kappa shape index (κ2) is 7.53. The van der Waals surface area contributed by atoms with E-state index in [2.05, 4.69) is 0 Å². The summed E-state index contributed by atoms with van der Waals surface area (Å²) < 4.78 is 6.98. The minimum atomic E-state index is -0.442. The smallest absolute Gasteiger partial charge is 0.340 e. The minimum Gasteiger partial charge on any atom is -0.462 e. The Kier molecular flexibility index (Phi) is 4.77. The Bertz CT molecular complexity index is 1200. The van der Waals surface area contributed by atoms with E-state index >= 15 is 0 Å². The lowest BCUT2D eigenvalue weighted by Gasteiger charge is -2.19. The molecule has 4 nitrogen and oxygen atoms in total. The highest BCUT2D eigenvalue weighted by molar-refractivity contribution is 6.09. The fourth-order valence-corrected chi connectivity index (χ4v) is 3.45. The largest absolute Gasteiger partial charge is 0.462 e. The molecule has 4 aromatic rings. The summed E-state index contributed by atoms with van der Waals surface area (Å²) in [5.41, 5.74) is 2.23. The Balaban J connectivity index is 2.22. The molecular formula is C24H19NO3. The summed E-state index contributed by atoms with van der Waals surface area (Å²) in [6.07, 6.45) is 0. The van der Waals surface area contributed by atoms with Crippen molar-refractivity contribution in [1.82, 2.24) is 4.57 Å². The third kappa shape index (κ3) is 2.99. The molecule has 3 aromatic carbocycles. The quantitative estimate of drug-likeness (QED) is 0.484. The van der Waals surface area contributed by atoms with Gasteiger partial charge in [0.2, 0.25) is 0 Å². The molecule has 28 heavy (non-hydrogen) atoms. The highest BCUT2D eigenvalue weighted by atomic mass is 16.5. The van der Waals surface area contributed by atoms with Crippen LogP contribution in [0, 0.1) is 0 Å². The number of rotatable bonds is 4. The molecule has 0 aliphatic heterocycles. The Morgan fingerprint density at radius 2 is 1.39 bits per heavy atom. The SMILES string of the molecule is CCOC(=O)c1c(-c2ccccc2)n(-c2ccccc2)c(=O)c2ccccc12. The molecular weight excluding hydrogens is 350 g/mol. The van der Waals surface area contributed by atoms with Gasteiger partial charge in [0.25, 0.3) is 5.56 Å². The number of carbonyl (C=O) groups excluding carboxylic acids is 1. The molecule has 1 heterocycles. The number of aromatic nitrogens is 1. The summed E-state index contributed by atoms with van der Waals surface area (Å²) in [7, 11) is 0. The lowest BCUT2D eigenvalue weighted by molar-refractivity contribution is 0.0529. The summed E-state index contributed by atoms with van der Waals surface area (Å²) in [5.74, 6) is -0.442. The predicted molar refractivity (Wildman–Crippen MR) is 111 cm³/mol. The van der Waals surface area contributed by atoms with Crippen molar-refractivity contribution in [3.05, 3.63) is 101 Å². The molecule has 0 spiro atoms. The third-order valence-corrected chi connectivity index (χ3v) is 4.63. The molecule has 0 saturated heterocycles. The monoisotopic (exact) mass is 369 g/mol. The highest BCUT2D eigenvalue weighted by Crippen LogP contribution is 2.31. The number of para-hydroxylation sites is 1. The number of nitrogens with zero attached hydrogens (tertiary/aromatic N) is 1. The van der Waals surface area contributed by atoms with Gasteiger partial charge in [0.05, 0.1) is 17.9 Å². The van der Waals surface area contributed by atoms with Gasteiger partial charge in [-0.2, -0.15) is 0 Å². The molecule has 4 rings (SSSR count). The maximum absolute atomic E-state index is 13.5. The van der Waals surface area contributed by atoms with E-state index in [4.69, 9.17) is 4.74 Å². The van der Waals surface area contributed by atoms with Crippen molar-refractivity contribution in [3.63, 3.8) is 0 Å². The van der Waals surface area contributed by atoms with Crippen molar-refractivity contribution in [1.29, 1.82) is 0 Å². The van der Waals surface area contributed by atoms with Gasteiger partial charge in [0, 0.05) is 16.5 Å². The molecule has 0 amide bonds. The highest BCUT2D eigenvalue weighted by Gasteiger charge is 2.24. The van der Waals surface area contributed by atoms with Crippen molar-refractivity contribution in [3.8, 4) is 16.9 Å². The van der Waals surface area contributed by atoms with Crippen molar-refractivity contribution in [2.75, 3.05) is 6.61 Å². The molecule has 1 aromatic heterocycles. The number of hydrogen-bond acceptors (Lipinski definition) is 3. The topological polar surface area (TPSA) is 48.3 Å². The zero-order valence-corrected chi connectivity index (χ0v) is 15.5. The van der Waals surface area contributed by atoms with E-state index in [9.17, 15) is 9.59 Å². The molecule has 0 bridgehead atoms. The van der Waals surface area contributed by atoms with Gasteiger partial charge in [-0.1, -0.05) is 66.7 Å². The van der Waals surface area contributed by atoms with E-state index < -0.39 is 5.97 Å². The Hall–Kier alpha value is -3.66. The summed E-state index contributed by atoms with van der Waals surface area (Å²) in [6.45, 7) is 2.03. The first-order chi connectivity index (χ1) is 13.7. The first kappa shape index (κ1) is 17.7. The summed E-state index contributed by atoms with van der Waals surface area (Å²) in [5, 5.41) is 1.08. The van der Waals surface area contributed by atoms with Crippen molar-refractivity contribution in [2.24, 2.45) is 0 Å². The number of carbonyl (C=O) groups is 1. The average Bonchev–Trinajstić information content (AvgIpc) is 2.75. The van der Waals surface area contributed by atoms with Gasteiger partial charge >= 0.3 is 5.97 Å². The van der Waals surface area contributed by atoms with Crippen LogP contribution in [0.4, 0.5) is 0 Å². The van der Waals surface area contributed by atoms with E-state index in [1.807, 2.05) is 66.7 Å². The van der Waals surface area contributed by atoms with E-state index in [1.54, 1.807) is 29.7 Å². The molecule has 0 fully saturated rings. The van der Waals surface area contributed by atoms with Crippen LogP contribution in [0.1, 0.15) is 17.3 Å². The van der Waals surface area contributed by atoms with E-state index in [0.717, 1.165) is 5.56 Å². The fourth-order valence-electron chi connectivity index (χ4n) is 3.45. The molecule has 4 heteroatoms. The van der Waals surface area contributed by atoms with Crippen LogP contribution in [-0.2, 0) is 4.74 Å². The second-order valence-electron chi connectivity index (χ2n) is 6.33. The number of hydrogen-bond donors (Lipinski definition) is 0. The van der Waals surface area contributed by atoms with Gasteiger partial charge in [-0.25, -0.2) is 4.79 Å². The van der Waals surface area contributed by atoms with Crippen LogP contribution in [-0.4, -0.2) is 17.1 Å². The molecule has 0 atom stereocenters. The molecule has 0 aliphatic carbocycles. The molecule has 138 valence electrons. The number of ether oxygens (including phenoxy) is 1. The molecule has 0 aliphatic rings. The van der Waals surface area contributed by atoms with Gasteiger partial charge in [0.1, 0.15) is 0 Å². The van der Waals surface area contributed by atoms with Gasteiger partial charge in [-0.3, -0.25) is 9.36 Å². The van der Waals surface area contributed by atoms with Crippen molar-refractivity contribution in [2.45, 2.75) is 6.92 Å². The van der Waals surface area contributed by atoms with Gasteiger partial charge < -0.3 is 4.74 Å². The molecule has 0 N–H and O–H groups in total. The lowest BCUT2D eigenvalue weighted by atomic mass is 9.98. The first-order valence-electron chi connectivity index (χ1n) is 9.18. The number of fused-ring (bicyclic) bond motifs is 1. The van der Waals surface area contributed by atoms with Crippen LogP contribution in [0.3, 0.4) is 0 Å². The number of benzene rings is 3. The molecule has 0 radical (unpaired) electrons. The van der Waals surface area contributed by atoms with E-state index in [0.29, 0.717) is 27.7 Å². The standard InChI is InChI=1S/C24H19NO3/c1-2-28-24(27)21-19-15-9-10-16-20(19)23(26)25(18-13-7-4-8-14-18)22(21)17-11-5-3-6-12-17/h3-16H,2H2,1H3. The lowest BCUT2D eigenvalue weighted by Crippen LogP contribution is -2.24. The predicted octanol–water partition coefficient (Wildman–Crippen LogP) is 4.83. The minimum absolute atomic E-state index is 0.172. The van der Waals surface area contributed by atoms with Crippen molar-refractivity contribution < 1.29 is 9.53 Å². The normalized spacial score (nSPS) is 10.8. The Morgan fingerprint density at radius 3 is 2.04 bits per heavy atom. The summed E-state index contributed by atoms with van der Waals surface area (Å²) in [6, 6.07) is 26.0. The molecule has 0 saturated carbocycles. The summed E-state index contributed by atoms with van der Waals surface area (Å²) in [4.78, 5) is 26.5. The first-order valence-corrected chi connectivity index (χ1v) is 9.18. The number of esters is 1. The van der Waals surface area contributed by atoms with Crippen LogP contribution >= 0.6 is 0 Å². The number of pyridine rings is 1. The van der Waals surface area contributed by atoms with Crippen molar-refractivity contribution >= 4 is 16.7 Å². The maximum atomic E-state index is 13.5. The van der Waals surface area contributed by atoms with Gasteiger partial charge in [0.15, 0.2) is 0 Å². The van der Waals surface area contributed by atoms with Gasteiger partial charge in [-0.05, 0) is 30.7 Å². The Morgan fingerprint density at radius 1 is 0.821 bits per heavy atom.